The fraction of sp³-hybridized carbons (Fsp3) is 0.350. The molecule has 126 valence electrons. The molecule has 1 aliphatic heterocycles. The van der Waals surface area contributed by atoms with Crippen molar-refractivity contribution in [2.24, 2.45) is 0 Å². The highest BCUT2D eigenvalue weighted by Gasteiger charge is 2.23. The van der Waals surface area contributed by atoms with Gasteiger partial charge in [0.2, 0.25) is 5.91 Å². The van der Waals surface area contributed by atoms with Crippen LogP contribution in [0.3, 0.4) is 0 Å². The molecule has 0 aromatic heterocycles. The summed E-state index contributed by atoms with van der Waals surface area (Å²) in [5, 5.41) is 3.18. The Morgan fingerprint density at radius 1 is 1.04 bits per heavy atom. The van der Waals surface area contributed by atoms with Gasteiger partial charge < -0.3 is 5.32 Å². The third-order valence-corrected chi connectivity index (χ3v) is 5.23. The summed E-state index contributed by atoms with van der Waals surface area (Å²) in [6.45, 7) is 2.97. The smallest absolute Gasteiger partial charge is 0.230 e. The molecule has 1 N–H and O–H groups in total. The van der Waals surface area contributed by atoms with Crippen LogP contribution >= 0.6 is 11.8 Å². The fourth-order valence-electron chi connectivity index (χ4n) is 3.04. The second-order valence-corrected chi connectivity index (χ2v) is 7.24. The van der Waals surface area contributed by atoms with Gasteiger partial charge in [-0.25, -0.2) is 0 Å². The summed E-state index contributed by atoms with van der Waals surface area (Å²) in [5.74, 6) is 1.57. The van der Waals surface area contributed by atoms with E-state index in [9.17, 15) is 4.79 Å². The summed E-state index contributed by atoms with van der Waals surface area (Å²) in [6.07, 6.45) is 1.04. The molecule has 0 radical (unpaired) electrons. The van der Waals surface area contributed by atoms with E-state index >= 15 is 0 Å². The minimum Gasteiger partial charge on any atom is -0.351 e. The van der Waals surface area contributed by atoms with Crippen molar-refractivity contribution in [2.75, 3.05) is 18.8 Å². The van der Waals surface area contributed by atoms with Crippen molar-refractivity contribution in [2.45, 2.75) is 24.8 Å². The number of thioether (sulfide) groups is 1. The van der Waals surface area contributed by atoms with Crippen LogP contribution in [0.5, 0.6) is 0 Å². The summed E-state index contributed by atoms with van der Waals surface area (Å²) in [7, 11) is 0. The Morgan fingerprint density at radius 2 is 1.71 bits per heavy atom. The van der Waals surface area contributed by atoms with Crippen molar-refractivity contribution in [1.29, 1.82) is 0 Å². The van der Waals surface area contributed by atoms with E-state index in [1.54, 1.807) is 11.8 Å². The number of hydrogen-bond donors (Lipinski definition) is 1. The average Bonchev–Trinajstić information content (AvgIpc) is 3.03. The maximum absolute atomic E-state index is 12.1. The molecule has 1 heterocycles. The molecule has 2 aromatic rings. The predicted molar refractivity (Wildman–Crippen MR) is 101 cm³/mol. The van der Waals surface area contributed by atoms with Gasteiger partial charge in [-0.3, -0.25) is 9.69 Å². The van der Waals surface area contributed by atoms with Gasteiger partial charge in [-0.05, 0) is 17.5 Å². The lowest BCUT2D eigenvalue weighted by Crippen LogP contribution is -2.38. The lowest BCUT2D eigenvalue weighted by Gasteiger charge is -2.16. The number of carbonyl (C=O) groups is 1. The Labute approximate surface area is 148 Å². The molecule has 0 saturated carbocycles. The fourth-order valence-corrected chi connectivity index (χ4v) is 3.84. The number of nitrogens with zero attached hydrogens (tertiary/aromatic N) is 1. The molecule has 0 unspecified atom stereocenters. The van der Waals surface area contributed by atoms with Crippen molar-refractivity contribution in [3.8, 4) is 0 Å². The SMILES string of the molecule is O=C(CSCc1ccccc1)N[C@@H]1CCN(Cc2ccccc2)C1. The van der Waals surface area contributed by atoms with E-state index in [1.165, 1.54) is 11.1 Å². The van der Waals surface area contributed by atoms with Gasteiger partial charge >= 0.3 is 0 Å². The number of hydrogen-bond acceptors (Lipinski definition) is 3. The average molecular weight is 340 g/mol. The van der Waals surface area contributed by atoms with Crippen molar-refractivity contribution in [3.05, 3.63) is 71.8 Å². The summed E-state index contributed by atoms with van der Waals surface area (Å²) in [4.78, 5) is 14.5. The van der Waals surface area contributed by atoms with E-state index in [0.29, 0.717) is 11.8 Å². The zero-order valence-electron chi connectivity index (χ0n) is 13.9. The molecule has 0 spiro atoms. The maximum atomic E-state index is 12.1. The molecule has 1 amide bonds. The van der Waals surface area contributed by atoms with E-state index < -0.39 is 0 Å². The first-order valence-electron chi connectivity index (χ1n) is 8.47. The number of amides is 1. The van der Waals surface area contributed by atoms with Crippen LogP contribution in [0.25, 0.3) is 0 Å². The summed E-state index contributed by atoms with van der Waals surface area (Å²) >= 11 is 1.68. The predicted octanol–water partition coefficient (Wildman–Crippen LogP) is 3.31. The molecule has 3 nitrogen and oxygen atoms in total. The zero-order chi connectivity index (χ0) is 16.6. The van der Waals surface area contributed by atoms with E-state index in [-0.39, 0.29) is 5.91 Å². The van der Waals surface area contributed by atoms with E-state index in [2.05, 4.69) is 46.6 Å². The normalized spacial score (nSPS) is 17.8. The van der Waals surface area contributed by atoms with Gasteiger partial charge in [0.1, 0.15) is 0 Å². The van der Waals surface area contributed by atoms with Gasteiger partial charge in [0.05, 0.1) is 5.75 Å². The van der Waals surface area contributed by atoms with Crippen molar-refractivity contribution in [3.63, 3.8) is 0 Å². The molecule has 1 atom stereocenters. The quantitative estimate of drug-likeness (QED) is 0.839. The topological polar surface area (TPSA) is 32.3 Å². The van der Waals surface area contributed by atoms with Crippen LogP contribution < -0.4 is 5.32 Å². The Balaban J connectivity index is 1.35. The minimum atomic E-state index is 0.155. The number of nitrogens with one attached hydrogen (secondary N) is 1. The summed E-state index contributed by atoms with van der Waals surface area (Å²) in [6, 6.07) is 21.1. The highest BCUT2D eigenvalue weighted by atomic mass is 32.2. The Kier molecular flexibility index (Phi) is 6.33. The molecule has 4 heteroatoms. The van der Waals surface area contributed by atoms with Crippen LogP contribution in [0.1, 0.15) is 17.5 Å². The first-order valence-corrected chi connectivity index (χ1v) is 9.62. The number of benzene rings is 2. The van der Waals surface area contributed by atoms with Crippen LogP contribution in [-0.4, -0.2) is 35.7 Å². The largest absolute Gasteiger partial charge is 0.351 e. The molecule has 0 aliphatic carbocycles. The lowest BCUT2D eigenvalue weighted by molar-refractivity contribution is -0.119. The van der Waals surface area contributed by atoms with Gasteiger partial charge in [-0.15, -0.1) is 11.8 Å². The standard InChI is InChI=1S/C20H24N2OS/c23-20(16-24-15-18-9-5-2-6-10-18)21-19-11-12-22(14-19)13-17-7-3-1-4-8-17/h1-10,19H,11-16H2,(H,21,23)/t19-/m1/s1. The molecule has 1 fully saturated rings. The molecule has 0 bridgehead atoms. The highest BCUT2D eigenvalue weighted by Crippen LogP contribution is 2.15. The van der Waals surface area contributed by atoms with Gasteiger partial charge in [-0.2, -0.15) is 0 Å². The van der Waals surface area contributed by atoms with Crippen molar-refractivity contribution in [1.82, 2.24) is 10.2 Å². The first kappa shape index (κ1) is 17.1. The molecule has 1 aliphatic rings. The Morgan fingerprint density at radius 3 is 2.42 bits per heavy atom. The second kappa shape index (κ2) is 8.90. The maximum Gasteiger partial charge on any atom is 0.230 e. The number of rotatable bonds is 7. The van der Waals surface area contributed by atoms with Crippen molar-refractivity contribution < 1.29 is 4.79 Å². The lowest BCUT2D eigenvalue weighted by atomic mass is 10.2. The molecular weight excluding hydrogens is 316 g/mol. The van der Waals surface area contributed by atoms with Crippen LogP contribution in [0.15, 0.2) is 60.7 Å². The molecule has 24 heavy (non-hydrogen) atoms. The van der Waals surface area contributed by atoms with E-state index in [4.69, 9.17) is 0 Å². The minimum absolute atomic E-state index is 0.155. The molecular formula is C20H24N2OS. The zero-order valence-corrected chi connectivity index (χ0v) is 14.7. The van der Waals surface area contributed by atoms with Crippen LogP contribution in [0.2, 0.25) is 0 Å². The van der Waals surface area contributed by atoms with Crippen LogP contribution in [-0.2, 0) is 17.1 Å². The first-order chi connectivity index (χ1) is 11.8. The number of likely N-dealkylation sites (tertiary alicyclic amines) is 1. The third kappa shape index (κ3) is 5.39. The van der Waals surface area contributed by atoms with Gasteiger partial charge in [-0.1, -0.05) is 60.7 Å². The van der Waals surface area contributed by atoms with Gasteiger partial charge in [0, 0.05) is 31.4 Å². The van der Waals surface area contributed by atoms with Gasteiger partial charge in [0.25, 0.3) is 0 Å². The third-order valence-electron chi connectivity index (χ3n) is 4.23. The second-order valence-electron chi connectivity index (χ2n) is 6.25. The van der Waals surface area contributed by atoms with Gasteiger partial charge in [0.15, 0.2) is 0 Å². The van der Waals surface area contributed by atoms with Crippen molar-refractivity contribution >= 4 is 17.7 Å². The highest BCUT2D eigenvalue weighted by molar-refractivity contribution is 7.99. The van der Waals surface area contributed by atoms with E-state index in [1.807, 2.05) is 24.3 Å². The monoisotopic (exact) mass is 340 g/mol. The van der Waals surface area contributed by atoms with Crippen LogP contribution in [0.4, 0.5) is 0 Å². The number of carbonyl (C=O) groups excluding carboxylic acids is 1. The molecule has 3 rings (SSSR count). The summed E-state index contributed by atoms with van der Waals surface area (Å²) in [5.41, 5.74) is 2.60. The molecule has 1 saturated heterocycles. The molecule has 2 aromatic carbocycles. The van der Waals surface area contributed by atoms with Crippen LogP contribution in [0, 0.1) is 0 Å². The Hall–Kier alpha value is -1.78. The summed E-state index contributed by atoms with van der Waals surface area (Å²) < 4.78 is 0. The Bertz CT molecular complexity index is 633. The van der Waals surface area contributed by atoms with E-state index in [0.717, 1.165) is 31.8 Å².